The first-order valence-electron chi connectivity index (χ1n) is 6.32. The average Bonchev–Trinajstić information content (AvgIpc) is 2.84. The number of rotatable bonds is 4. The Labute approximate surface area is 97.4 Å². The van der Waals surface area contributed by atoms with Crippen molar-refractivity contribution in [2.75, 3.05) is 6.54 Å². The van der Waals surface area contributed by atoms with Crippen LogP contribution in [0.3, 0.4) is 0 Å². The molecule has 0 saturated heterocycles. The Morgan fingerprint density at radius 3 is 2.69 bits per heavy atom. The minimum atomic E-state index is 0.186. The number of aryl methyl sites for hydroxylation is 2. The quantitative estimate of drug-likeness (QED) is 0.852. The lowest BCUT2D eigenvalue weighted by Gasteiger charge is -2.18. The fourth-order valence-electron chi connectivity index (χ4n) is 2.55. The molecular weight excluding hydrogens is 200 g/mol. The maximum Gasteiger partial charge on any atom is 0.200 e. The molecule has 0 bridgehead atoms. The summed E-state index contributed by atoms with van der Waals surface area (Å²) in [6, 6.07) is 0. The van der Waals surface area contributed by atoms with Crippen molar-refractivity contribution in [2.24, 2.45) is 5.73 Å². The van der Waals surface area contributed by atoms with Gasteiger partial charge in [0, 0.05) is 11.8 Å². The van der Waals surface area contributed by atoms with Gasteiger partial charge in [0.2, 0.25) is 5.89 Å². The maximum atomic E-state index is 5.94. The number of hydrogen-bond donors (Lipinski definition) is 1. The van der Waals surface area contributed by atoms with Crippen LogP contribution in [0.15, 0.2) is 4.42 Å². The van der Waals surface area contributed by atoms with Gasteiger partial charge in [0.25, 0.3) is 0 Å². The van der Waals surface area contributed by atoms with Gasteiger partial charge in [0.05, 0.1) is 5.69 Å². The Morgan fingerprint density at radius 1 is 1.38 bits per heavy atom. The molecule has 1 aliphatic rings. The van der Waals surface area contributed by atoms with Gasteiger partial charge in [-0.05, 0) is 32.7 Å². The van der Waals surface area contributed by atoms with Gasteiger partial charge in [-0.15, -0.1) is 0 Å². The fraction of sp³-hybridized carbons (Fsp3) is 0.769. The van der Waals surface area contributed by atoms with Crippen molar-refractivity contribution >= 4 is 0 Å². The second-order valence-corrected chi connectivity index (χ2v) is 5.19. The minimum Gasteiger partial charge on any atom is -0.445 e. The first-order chi connectivity index (χ1) is 7.65. The minimum absolute atomic E-state index is 0.186. The standard InChI is InChI=1S/C13H22N2O/c1-10-11(6-5-9-14)16-12(15-10)13(2)7-3-4-8-13/h3-9,14H2,1-2H3. The highest BCUT2D eigenvalue weighted by molar-refractivity contribution is 5.14. The molecule has 0 atom stereocenters. The molecule has 90 valence electrons. The van der Waals surface area contributed by atoms with Crippen LogP contribution in [0, 0.1) is 6.92 Å². The molecular formula is C13H22N2O. The molecule has 0 amide bonds. The summed E-state index contributed by atoms with van der Waals surface area (Å²) in [6.07, 6.45) is 6.93. The summed E-state index contributed by atoms with van der Waals surface area (Å²) in [5.41, 5.74) is 6.76. The number of oxazole rings is 1. The SMILES string of the molecule is Cc1nc(C2(C)CCCC2)oc1CCCN. The Hall–Kier alpha value is -0.830. The monoisotopic (exact) mass is 222 g/mol. The van der Waals surface area contributed by atoms with Gasteiger partial charge in [0.15, 0.2) is 0 Å². The van der Waals surface area contributed by atoms with Crippen LogP contribution in [0.25, 0.3) is 0 Å². The van der Waals surface area contributed by atoms with Crippen molar-refractivity contribution in [2.45, 2.75) is 57.8 Å². The third-order valence-electron chi connectivity index (χ3n) is 3.72. The van der Waals surface area contributed by atoms with Gasteiger partial charge in [-0.25, -0.2) is 4.98 Å². The lowest BCUT2D eigenvalue weighted by molar-refractivity contribution is 0.336. The van der Waals surface area contributed by atoms with Crippen molar-refractivity contribution in [3.63, 3.8) is 0 Å². The summed E-state index contributed by atoms with van der Waals surface area (Å²) in [5.74, 6) is 1.99. The Morgan fingerprint density at radius 2 is 2.06 bits per heavy atom. The zero-order valence-corrected chi connectivity index (χ0v) is 10.4. The van der Waals surface area contributed by atoms with Crippen LogP contribution in [-0.2, 0) is 11.8 Å². The molecule has 1 fully saturated rings. The van der Waals surface area contributed by atoms with Crippen LogP contribution >= 0.6 is 0 Å². The number of nitrogens with zero attached hydrogens (tertiary/aromatic N) is 1. The van der Waals surface area contributed by atoms with Crippen molar-refractivity contribution in [1.82, 2.24) is 4.98 Å². The van der Waals surface area contributed by atoms with Crippen molar-refractivity contribution in [1.29, 1.82) is 0 Å². The van der Waals surface area contributed by atoms with E-state index in [1.807, 2.05) is 6.92 Å². The van der Waals surface area contributed by atoms with E-state index in [2.05, 4.69) is 11.9 Å². The first kappa shape index (κ1) is 11.6. The highest BCUT2D eigenvalue weighted by atomic mass is 16.4. The summed E-state index contributed by atoms with van der Waals surface area (Å²) in [6.45, 7) is 5.03. The molecule has 1 aliphatic carbocycles. The van der Waals surface area contributed by atoms with Gasteiger partial charge < -0.3 is 10.2 Å². The molecule has 16 heavy (non-hydrogen) atoms. The van der Waals surface area contributed by atoms with E-state index in [0.717, 1.165) is 30.2 Å². The lowest BCUT2D eigenvalue weighted by Crippen LogP contribution is -2.17. The van der Waals surface area contributed by atoms with Gasteiger partial charge >= 0.3 is 0 Å². The second kappa shape index (κ2) is 4.58. The second-order valence-electron chi connectivity index (χ2n) is 5.19. The largest absolute Gasteiger partial charge is 0.445 e. The van der Waals surface area contributed by atoms with Crippen molar-refractivity contribution in [3.8, 4) is 0 Å². The summed E-state index contributed by atoms with van der Waals surface area (Å²) < 4.78 is 5.94. The van der Waals surface area contributed by atoms with Gasteiger partial charge in [-0.1, -0.05) is 19.8 Å². The van der Waals surface area contributed by atoms with Crippen LogP contribution in [-0.4, -0.2) is 11.5 Å². The lowest BCUT2D eigenvalue weighted by atomic mass is 9.89. The van der Waals surface area contributed by atoms with E-state index < -0.39 is 0 Å². The molecule has 1 heterocycles. The maximum absolute atomic E-state index is 5.94. The number of nitrogens with two attached hydrogens (primary N) is 1. The third-order valence-corrected chi connectivity index (χ3v) is 3.72. The van der Waals surface area contributed by atoms with Crippen LogP contribution in [0.5, 0.6) is 0 Å². The van der Waals surface area contributed by atoms with Crippen LogP contribution < -0.4 is 5.73 Å². The molecule has 3 nitrogen and oxygen atoms in total. The molecule has 2 rings (SSSR count). The summed E-state index contributed by atoms with van der Waals surface area (Å²) in [4.78, 5) is 4.61. The Balaban J connectivity index is 2.16. The van der Waals surface area contributed by atoms with E-state index in [1.54, 1.807) is 0 Å². The highest BCUT2D eigenvalue weighted by Gasteiger charge is 2.35. The van der Waals surface area contributed by atoms with Crippen LogP contribution in [0.2, 0.25) is 0 Å². The highest BCUT2D eigenvalue weighted by Crippen LogP contribution is 2.40. The smallest absolute Gasteiger partial charge is 0.200 e. The molecule has 0 aromatic carbocycles. The number of hydrogen-bond acceptors (Lipinski definition) is 3. The molecule has 0 radical (unpaired) electrons. The topological polar surface area (TPSA) is 52.0 Å². The molecule has 2 N–H and O–H groups in total. The van der Waals surface area contributed by atoms with Gasteiger partial charge in [-0.2, -0.15) is 0 Å². The van der Waals surface area contributed by atoms with E-state index in [-0.39, 0.29) is 5.41 Å². The van der Waals surface area contributed by atoms with E-state index in [4.69, 9.17) is 10.2 Å². The molecule has 1 aromatic rings. The predicted molar refractivity (Wildman–Crippen MR) is 64.4 cm³/mol. The van der Waals surface area contributed by atoms with Gasteiger partial charge in [0.1, 0.15) is 5.76 Å². The first-order valence-corrected chi connectivity index (χ1v) is 6.32. The van der Waals surface area contributed by atoms with Gasteiger partial charge in [-0.3, -0.25) is 0 Å². The van der Waals surface area contributed by atoms with E-state index in [0.29, 0.717) is 6.54 Å². The van der Waals surface area contributed by atoms with Crippen LogP contribution in [0.4, 0.5) is 0 Å². The molecule has 1 saturated carbocycles. The summed E-state index contributed by atoms with van der Waals surface area (Å²) >= 11 is 0. The Kier molecular flexibility index (Phi) is 3.33. The summed E-state index contributed by atoms with van der Waals surface area (Å²) in [5, 5.41) is 0. The predicted octanol–water partition coefficient (Wildman–Crippen LogP) is 2.71. The zero-order valence-electron chi connectivity index (χ0n) is 10.4. The molecule has 0 spiro atoms. The van der Waals surface area contributed by atoms with Crippen molar-refractivity contribution < 1.29 is 4.42 Å². The molecule has 0 unspecified atom stereocenters. The Bertz CT molecular complexity index is 351. The third kappa shape index (κ3) is 2.14. The average molecular weight is 222 g/mol. The van der Waals surface area contributed by atoms with E-state index in [9.17, 15) is 0 Å². The summed E-state index contributed by atoms with van der Waals surface area (Å²) in [7, 11) is 0. The number of aromatic nitrogens is 1. The van der Waals surface area contributed by atoms with Crippen LogP contribution in [0.1, 0.15) is 56.4 Å². The normalized spacial score (nSPS) is 19.2. The van der Waals surface area contributed by atoms with E-state index >= 15 is 0 Å². The molecule has 3 heteroatoms. The van der Waals surface area contributed by atoms with E-state index in [1.165, 1.54) is 25.7 Å². The molecule has 1 aromatic heterocycles. The van der Waals surface area contributed by atoms with Crippen molar-refractivity contribution in [3.05, 3.63) is 17.3 Å². The molecule has 0 aliphatic heterocycles. The zero-order chi connectivity index (χ0) is 11.6. The fourth-order valence-corrected chi connectivity index (χ4v) is 2.55.